The Morgan fingerprint density at radius 3 is 2.75 bits per heavy atom. The Labute approximate surface area is 116 Å². The number of hydrogen-bond acceptors (Lipinski definition) is 3. The lowest BCUT2D eigenvalue weighted by Gasteiger charge is -2.05. The number of carbonyl (C=O) groups excluding carboxylic acids is 1. The molecule has 0 unspecified atom stereocenters. The van der Waals surface area contributed by atoms with Crippen molar-refractivity contribution < 1.29 is 13.9 Å². The van der Waals surface area contributed by atoms with E-state index in [4.69, 9.17) is 9.15 Å². The van der Waals surface area contributed by atoms with Crippen molar-refractivity contribution in [3.63, 3.8) is 0 Å². The number of ether oxygens (including phenoxy) is 1. The molecule has 0 spiro atoms. The molecule has 2 aromatic carbocycles. The molecule has 0 atom stereocenters. The molecule has 0 bridgehead atoms. The van der Waals surface area contributed by atoms with Gasteiger partial charge in [0.2, 0.25) is 0 Å². The fraction of sp³-hybridized carbons (Fsp3) is 0.0625. The van der Waals surface area contributed by atoms with Crippen LogP contribution in [0.15, 0.2) is 59.0 Å². The van der Waals surface area contributed by atoms with Crippen molar-refractivity contribution in [3.8, 4) is 5.75 Å². The Bertz CT molecular complexity index is 728. The number of carbonyl (C=O) groups is 1. The number of nitrogens with one attached hydrogen (secondary N) is 1. The highest BCUT2D eigenvalue weighted by Crippen LogP contribution is 2.21. The number of fused-ring (bicyclic) bond motifs is 1. The van der Waals surface area contributed by atoms with Gasteiger partial charge < -0.3 is 14.5 Å². The largest absolute Gasteiger partial charge is 0.497 e. The van der Waals surface area contributed by atoms with Gasteiger partial charge in [-0.2, -0.15) is 0 Å². The van der Waals surface area contributed by atoms with Gasteiger partial charge in [-0.3, -0.25) is 4.79 Å². The molecule has 0 aliphatic carbocycles. The summed E-state index contributed by atoms with van der Waals surface area (Å²) in [7, 11) is 1.58. The Morgan fingerprint density at radius 1 is 1.10 bits per heavy atom. The highest BCUT2D eigenvalue weighted by molar-refractivity contribution is 6.04. The van der Waals surface area contributed by atoms with Crippen LogP contribution in [0, 0.1) is 0 Å². The lowest BCUT2D eigenvalue weighted by molar-refractivity contribution is 0.0998. The highest BCUT2D eigenvalue weighted by atomic mass is 16.5. The van der Waals surface area contributed by atoms with Gasteiger partial charge in [0.1, 0.15) is 11.3 Å². The number of methoxy groups -OCH3 is 1. The number of hydrogen-bond donors (Lipinski definition) is 1. The molecule has 1 aromatic heterocycles. The van der Waals surface area contributed by atoms with E-state index in [1.54, 1.807) is 25.3 Å². The van der Waals surface area contributed by atoms with E-state index in [2.05, 4.69) is 5.32 Å². The first kappa shape index (κ1) is 12.3. The number of amides is 1. The maximum atomic E-state index is 12.1. The summed E-state index contributed by atoms with van der Waals surface area (Å²) in [6.45, 7) is 0. The summed E-state index contributed by atoms with van der Waals surface area (Å²) in [4.78, 5) is 12.1. The van der Waals surface area contributed by atoms with Gasteiger partial charge in [0.15, 0.2) is 5.76 Å². The van der Waals surface area contributed by atoms with Crippen LogP contribution >= 0.6 is 0 Å². The van der Waals surface area contributed by atoms with Gasteiger partial charge in [0.05, 0.1) is 7.11 Å². The summed E-state index contributed by atoms with van der Waals surface area (Å²) in [6.07, 6.45) is 0. The van der Waals surface area contributed by atoms with E-state index >= 15 is 0 Å². The fourth-order valence-electron chi connectivity index (χ4n) is 1.99. The van der Waals surface area contributed by atoms with Crippen LogP contribution in [-0.2, 0) is 0 Å². The summed E-state index contributed by atoms with van der Waals surface area (Å²) >= 11 is 0. The van der Waals surface area contributed by atoms with Crippen molar-refractivity contribution in [1.29, 1.82) is 0 Å². The van der Waals surface area contributed by atoms with Gasteiger partial charge in [0.25, 0.3) is 5.91 Å². The lowest BCUT2D eigenvalue weighted by atomic mass is 10.2. The maximum Gasteiger partial charge on any atom is 0.291 e. The second-order valence-electron chi connectivity index (χ2n) is 4.33. The molecule has 1 heterocycles. The van der Waals surface area contributed by atoms with Crippen molar-refractivity contribution in [2.24, 2.45) is 0 Å². The fourth-order valence-corrected chi connectivity index (χ4v) is 1.99. The van der Waals surface area contributed by atoms with E-state index < -0.39 is 0 Å². The van der Waals surface area contributed by atoms with E-state index in [0.29, 0.717) is 17.0 Å². The van der Waals surface area contributed by atoms with Gasteiger partial charge in [-0.05, 0) is 24.3 Å². The number of furan rings is 1. The van der Waals surface area contributed by atoms with Crippen molar-refractivity contribution in [3.05, 3.63) is 60.4 Å². The zero-order chi connectivity index (χ0) is 13.9. The molecule has 0 aliphatic heterocycles. The Hall–Kier alpha value is -2.75. The average molecular weight is 267 g/mol. The summed E-state index contributed by atoms with van der Waals surface area (Å²) in [5.74, 6) is 0.691. The second kappa shape index (κ2) is 5.09. The Morgan fingerprint density at radius 2 is 1.95 bits per heavy atom. The van der Waals surface area contributed by atoms with E-state index in [-0.39, 0.29) is 11.7 Å². The number of para-hydroxylation sites is 1. The molecule has 0 saturated heterocycles. The SMILES string of the molecule is COc1cccc(NC(=O)c2cc3ccccc3o2)c1. The minimum Gasteiger partial charge on any atom is -0.497 e. The molecule has 100 valence electrons. The molecule has 3 aromatic rings. The zero-order valence-corrected chi connectivity index (χ0v) is 10.9. The zero-order valence-electron chi connectivity index (χ0n) is 10.9. The number of benzene rings is 2. The second-order valence-corrected chi connectivity index (χ2v) is 4.33. The van der Waals surface area contributed by atoms with E-state index in [0.717, 1.165) is 5.39 Å². The van der Waals surface area contributed by atoms with Gasteiger partial charge in [-0.1, -0.05) is 24.3 Å². The molecular weight excluding hydrogens is 254 g/mol. The summed E-state index contributed by atoms with van der Waals surface area (Å²) in [6, 6.07) is 16.4. The molecule has 0 fully saturated rings. The van der Waals surface area contributed by atoms with Gasteiger partial charge >= 0.3 is 0 Å². The first-order chi connectivity index (χ1) is 9.76. The first-order valence-corrected chi connectivity index (χ1v) is 6.20. The monoisotopic (exact) mass is 267 g/mol. The van der Waals surface area contributed by atoms with Crippen LogP contribution < -0.4 is 10.1 Å². The molecular formula is C16H13NO3. The molecule has 1 N–H and O–H groups in total. The Kier molecular flexibility index (Phi) is 3.13. The predicted molar refractivity (Wildman–Crippen MR) is 77.2 cm³/mol. The molecule has 0 aliphatic rings. The number of rotatable bonds is 3. The predicted octanol–water partition coefficient (Wildman–Crippen LogP) is 3.69. The highest BCUT2D eigenvalue weighted by Gasteiger charge is 2.12. The quantitative estimate of drug-likeness (QED) is 0.787. The van der Waals surface area contributed by atoms with Crippen LogP contribution in [0.25, 0.3) is 11.0 Å². The summed E-state index contributed by atoms with van der Waals surface area (Å²) < 4.78 is 10.6. The molecule has 20 heavy (non-hydrogen) atoms. The van der Waals surface area contributed by atoms with Gasteiger partial charge in [-0.25, -0.2) is 0 Å². The van der Waals surface area contributed by atoms with Crippen molar-refractivity contribution in [1.82, 2.24) is 0 Å². The third-order valence-corrected chi connectivity index (χ3v) is 2.98. The standard InChI is InChI=1S/C16H13NO3/c1-19-13-7-4-6-12(10-13)17-16(18)15-9-11-5-2-3-8-14(11)20-15/h2-10H,1H3,(H,17,18). The van der Waals surface area contributed by atoms with Crippen LogP contribution in [0.1, 0.15) is 10.6 Å². The minimum absolute atomic E-state index is 0.283. The van der Waals surface area contributed by atoms with Crippen molar-refractivity contribution in [2.75, 3.05) is 12.4 Å². The summed E-state index contributed by atoms with van der Waals surface area (Å²) in [5.41, 5.74) is 1.36. The van der Waals surface area contributed by atoms with Crippen molar-refractivity contribution >= 4 is 22.6 Å². The van der Waals surface area contributed by atoms with Crippen LogP contribution in [-0.4, -0.2) is 13.0 Å². The molecule has 0 radical (unpaired) electrons. The Balaban J connectivity index is 1.85. The van der Waals surface area contributed by atoms with Gasteiger partial charge in [-0.15, -0.1) is 0 Å². The molecule has 4 heteroatoms. The minimum atomic E-state index is -0.283. The van der Waals surface area contributed by atoms with Crippen LogP contribution in [0.5, 0.6) is 5.75 Å². The molecule has 3 rings (SSSR count). The average Bonchev–Trinajstić information content (AvgIpc) is 2.91. The van der Waals surface area contributed by atoms with E-state index in [1.165, 1.54) is 0 Å². The normalized spacial score (nSPS) is 10.4. The first-order valence-electron chi connectivity index (χ1n) is 6.20. The number of anilines is 1. The van der Waals surface area contributed by atoms with Crippen LogP contribution in [0.4, 0.5) is 5.69 Å². The van der Waals surface area contributed by atoms with Gasteiger partial charge in [0, 0.05) is 17.1 Å². The third-order valence-electron chi connectivity index (χ3n) is 2.98. The summed E-state index contributed by atoms with van der Waals surface area (Å²) in [5, 5.41) is 3.69. The van der Waals surface area contributed by atoms with E-state index in [9.17, 15) is 4.79 Å². The topological polar surface area (TPSA) is 51.5 Å². The maximum absolute atomic E-state index is 12.1. The molecule has 1 amide bonds. The van der Waals surface area contributed by atoms with Crippen molar-refractivity contribution in [2.45, 2.75) is 0 Å². The third kappa shape index (κ3) is 2.36. The molecule has 0 saturated carbocycles. The van der Waals surface area contributed by atoms with Crippen LogP contribution in [0.2, 0.25) is 0 Å². The van der Waals surface area contributed by atoms with Crippen LogP contribution in [0.3, 0.4) is 0 Å². The molecule has 4 nitrogen and oxygen atoms in total. The lowest BCUT2D eigenvalue weighted by Crippen LogP contribution is -2.10. The smallest absolute Gasteiger partial charge is 0.291 e. The van der Waals surface area contributed by atoms with E-state index in [1.807, 2.05) is 36.4 Å².